The summed E-state index contributed by atoms with van der Waals surface area (Å²) >= 11 is 0. The van der Waals surface area contributed by atoms with Crippen molar-refractivity contribution in [1.29, 1.82) is 0 Å². The van der Waals surface area contributed by atoms with Gasteiger partial charge in [-0.3, -0.25) is 28.8 Å². The average Bonchev–Trinajstić information content (AvgIpc) is 3.10. The van der Waals surface area contributed by atoms with Crippen LogP contribution in [0.4, 0.5) is 0 Å². The molecule has 0 bridgehead atoms. The number of carbonyl (C=O) groups is 6. The van der Waals surface area contributed by atoms with Crippen LogP contribution in [0.25, 0.3) is 0 Å². The van der Waals surface area contributed by atoms with Crippen molar-refractivity contribution < 1.29 is 48.7 Å². The summed E-state index contributed by atoms with van der Waals surface area (Å²) < 4.78 is 0. The van der Waals surface area contributed by atoms with Crippen LogP contribution in [0.3, 0.4) is 0 Å². The van der Waals surface area contributed by atoms with Gasteiger partial charge in [0.25, 0.3) is 23.6 Å². The summed E-state index contributed by atoms with van der Waals surface area (Å²) in [5, 5.41) is 17.9. The van der Waals surface area contributed by atoms with E-state index >= 15 is 0 Å². The monoisotopic (exact) mass is 376 g/mol. The number of imide groups is 2. The number of aliphatic hydroxyl groups is 2. The molecule has 0 spiro atoms. The molecule has 0 aromatic rings. The summed E-state index contributed by atoms with van der Waals surface area (Å²) in [4.78, 5) is 70.2. The molecular weight excluding hydrogens is 356 g/mol. The number of hydroxylamine groups is 4. The number of aliphatic hydroxyl groups excluding tert-OH is 2. The summed E-state index contributed by atoms with van der Waals surface area (Å²) in [6.45, 7) is 1.40. The molecular formula is C14H20N2O10. The predicted molar refractivity (Wildman–Crippen MR) is 80.1 cm³/mol. The third-order valence-corrected chi connectivity index (χ3v) is 2.98. The molecule has 2 aliphatic rings. The van der Waals surface area contributed by atoms with Crippen molar-refractivity contribution in [2.45, 2.75) is 44.8 Å². The van der Waals surface area contributed by atoms with Gasteiger partial charge in [0.05, 0.1) is 13.2 Å². The van der Waals surface area contributed by atoms with Crippen molar-refractivity contribution in [3.8, 4) is 0 Å². The Hall–Kier alpha value is -2.70. The van der Waals surface area contributed by atoms with Crippen molar-refractivity contribution in [3.63, 3.8) is 0 Å². The lowest BCUT2D eigenvalue weighted by atomic mass is 10.3. The zero-order valence-electron chi connectivity index (χ0n) is 14.2. The zero-order valence-corrected chi connectivity index (χ0v) is 14.2. The average molecular weight is 376 g/mol. The molecule has 4 amide bonds. The van der Waals surface area contributed by atoms with Gasteiger partial charge >= 0.3 is 6.47 Å². The lowest BCUT2D eigenvalue weighted by Crippen LogP contribution is -2.28. The molecule has 2 rings (SSSR count). The van der Waals surface area contributed by atoms with E-state index in [9.17, 15) is 28.8 Å². The van der Waals surface area contributed by atoms with Crippen LogP contribution in [0.5, 0.6) is 0 Å². The van der Waals surface area contributed by atoms with E-state index in [1.807, 2.05) is 0 Å². The van der Waals surface area contributed by atoms with Crippen LogP contribution in [0, 0.1) is 0 Å². The van der Waals surface area contributed by atoms with Crippen LogP contribution in [0.1, 0.15) is 32.6 Å². The van der Waals surface area contributed by atoms with E-state index in [1.165, 1.54) is 14.0 Å². The SMILES string of the molecule is CC(O)C(O)C=O.CON1C(=O)CCC1=O.O=CON1C(=O)CCC1=O. The number of amides is 4. The molecule has 2 saturated heterocycles. The van der Waals surface area contributed by atoms with Gasteiger partial charge in [-0.1, -0.05) is 0 Å². The Labute approximate surface area is 148 Å². The summed E-state index contributed by atoms with van der Waals surface area (Å²) in [7, 11) is 1.31. The Kier molecular flexibility index (Phi) is 10.6. The first-order chi connectivity index (χ1) is 12.2. The summed E-state index contributed by atoms with van der Waals surface area (Å²) in [5.74, 6) is -1.42. The largest absolute Gasteiger partial charge is 0.390 e. The van der Waals surface area contributed by atoms with Gasteiger partial charge in [0.1, 0.15) is 6.10 Å². The number of carbonyl (C=O) groups excluding carboxylic acids is 6. The first-order valence-electron chi connectivity index (χ1n) is 7.37. The highest BCUT2D eigenvalue weighted by molar-refractivity contribution is 6.01. The lowest BCUT2D eigenvalue weighted by Gasteiger charge is -2.07. The maximum Gasteiger partial charge on any atom is 0.321 e. The van der Waals surface area contributed by atoms with Crippen LogP contribution in [-0.4, -0.2) is 76.0 Å². The second-order valence-corrected chi connectivity index (χ2v) is 4.92. The Balaban J connectivity index is 0.000000368. The first kappa shape index (κ1) is 23.3. The van der Waals surface area contributed by atoms with Gasteiger partial charge in [0.2, 0.25) is 0 Å². The Morgan fingerprint density at radius 3 is 1.46 bits per heavy atom. The minimum absolute atomic E-state index is 0.0567. The van der Waals surface area contributed by atoms with E-state index < -0.39 is 24.0 Å². The quantitative estimate of drug-likeness (QED) is 0.398. The molecule has 0 aromatic carbocycles. The standard InChI is InChI=1S/C5H5NO4.C5H7NO3.C4H8O3/c7-3-10-6-4(8)1-2-5(6)9;1-9-6-4(7)2-3-5(6)8;1-3(6)4(7)2-5/h3H,1-2H2;2-3H2,1H3;2-4,6-7H,1H3. The Morgan fingerprint density at radius 2 is 1.27 bits per heavy atom. The molecule has 2 heterocycles. The second-order valence-electron chi connectivity index (χ2n) is 4.92. The highest BCUT2D eigenvalue weighted by atomic mass is 16.7. The normalized spacial score (nSPS) is 18.5. The number of rotatable bonds is 5. The number of hydrogen-bond donors (Lipinski definition) is 2. The van der Waals surface area contributed by atoms with Gasteiger partial charge in [-0.2, -0.15) is 5.06 Å². The van der Waals surface area contributed by atoms with Gasteiger partial charge in [0.15, 0.2) is 6.29 Å². The lowest BCUT2D eigenvalue weighted by molar-refractivity contribution is -0.188. The van der Waals surface area contributed by atoms with Crippen molar-refractivity contribution in [2.24, 2.45) is 0 Å². The Morgan fingerprint density at radius 1 is 0.885 bits per heavy atom. The molecule has 12 nitrogen and oxygen atoms in total. The van der Waals surface area contributed by atoms with Gasteiger partial charge in [-0.25, -0.2) is 0 Å². The topological polar surface area (TPSA) is 168 Å². The molecule has 2 aliphatic heterocycles. The molecule has 0 aliphatic carbocycles. The Bertz CT molecular complexity index is 516. The highest BCUT2D eigenvalue weighted by Crippen LogP contribution is 2.11. The minimum atomic E-state index is -1.22. The van der Waals surface area contributed by atoms with Gasteiger partial charge in [-0.15, -0.1) is 5.06 Å². The molecule has 2 fully saturated rings. The van der Waals surface area contributed by atoms with Crippen LogP contribution < -0.4 is 0 Å². The van der Waals surface area contributed by atoms with E-state index in [-0.39, 0.29) is 44.0 Å². The van der Waals surface area contributed by atoms with Crippen molar-refractivity contribution in [3.05, 3.63) is 0 Å². The molecule has 2 N–H and O–H groups in total. The van der Waals surface area contributed by atoms with Gasteiger partial charge in [-0.05, 0) is 6.92 Å². The molecule has 0 saturated carbocycles. The van der Waals surface area contributed by atoms with Gasteiger partial charge < -0.3 is 19.8 Å². The summed E-state index contributed by atoms with van der Waals surface area (Å²) in [5.41, 5.74) is 0. The number of hydrogen-bond acceptors (Lipinski definition) is 10. The van der Waals surface area contributed by atoms with Crippen LogP contribution in [-0.2, 0) is 38.4 Å². The fourth-order valence-corrected chi connectivity index (χ4v) is 1.59. The number of nitrogens with zero attached hydrogens (tertiary/aromatic N) is 2. The number of aldehydes is 1. The van der Waals surface area contributed by atoms with E-state index in [1.54, 1.807) is 0 Å². The smallest absolute Gasteiger partial charge is 0.321 e. The van der Waals surface area contributed by atoms with Crippen molar-refractivity contribution in [2.75, 3.05) is 7.11 Å². The fourth-order valence-electron chi connectivity index (χ4n) is 1.59. The van der Waals surface area contributed by atoms with E-state index in [0.717, 1.165) is 5.06 Å². The maximum absolute atomic E-state index is 10.6. The molecule has 0 aromatic heterocycles. The molecule has 12 heteroatoms. The van der Waals surface area contributed by atoms with Crippen LogP contribution in [0.15, 0.2) is 0 Å². The molecule has 146 valence electrons. The predicted octanol–water partition coefficient (Wildman–Crippen LogP) is -2.15. The third kappa shape index (κ3) is 7.46. The van der Waals surface area contributed by atoms with Gasteiger partial charge in [0, 0.05) is 25.7 Å². The van der Waals surface area contributed by atoms with Crippen molar-refractivity contribution >= 4 is 36.4 Å². The molecule has 0 radical (unpaired) electrons. The van der Waals surface area contributed by atoms with E-state index in [2.05, 4.69) is 9.68 Å². The van der Waals surface area contributed by atoms with Crippen LogP contribution >= 0.6 is 0 Å². The van der Waals surface area contributed by atoms with E-state index in [0.29, 0.717) is 11.3 Å². The second kappa shape index (κ2) is 11.8. The zero-order chi connectivity index (χ0) is 20.3. The van der Waals surface area contributed by atoms with Crippen molar-refractivity contribution in [1.82, 2.24) is 10.1 Å². The molecule has 26 heavy (non-hydrogen) atoms. The fraction of sp³-hybridized carbons (Fsp3) is 0.571. The maximum atomic E-state index is 10.6. The summed E-state index contributed by atoms with van der Waals surface area (Å²) in [6, 6.07) is 0. The first-order valence-corrected chi connectivity index (χ1v) is 7.37. The van der Waals surface area contributed by atoms with Crippen LogP contribution in [0.2, 0.25) is 0 Å². The minimum Gasteiger partial charge on any atom is -0.390 e. The summed E-state index contributed by atoms with van der Waals surface area (Å²) in [6.07, 6.45) is -1.04. The molecule has 2 atom stereocenters. The third-order valence-electron chi connectivity index (χ3n) is 2.98. The molecule has 2 unspecified atom stereocenters. The van der Waals surface area contributed by atoms with E-state index in [4.69, 9.17) is 10.2 Å². The highest BCUT2D eigenvalue weighted by Gasteiger charge is 2.30.